The van der Waals surface area contributed by atoms with Crippen molar-refractivity contribution in [1.29, 1.82) is 0 Å². The van der Waals surface area contributed by atoms with Crippen LogP contribution in [0.4, 0.5) is 0 Å². The average Bonchev–Trinajstić information content (AvgIpc) is 3.01. The topological polar surface area (TPSA) is 55.9 Å². The van der Waals surface area contributed by atoms with E-state index in [0.29, 0.717) is 5.92 Å². The van der Waals surface area contributed by atoms with Gasteiger partial charge in [0.2, 0.25) is 0 Å². The van der Waals surface area contributed by atoms with Crippen LogP contribution < -0.4 is 11.3 Å². The van der Waals surface area contributed by atoms with Gasteiger partial charge in [0, 0.05) is 6.54 Å². The highest BCUT2D eigenvalue weighted by molar-refractivity contribution is 6.31. The minimum Gasteiger partial charge on any atom is -0.271 e. The van der Waals surface area contributed by atoms with E-state index in [0.717, 1.165) is 29.6 Å². The highest BCUT2D eigenvalue weighted by Gasteiger charge is 2.33. The van der Waals surface area contributed by atoms with Crippen molar-refractivity contribution in [3.05, 3.63) is 16.9 Å². The lowest BCUT2D eigenvalue weighted by Crippen LogP contribution is -2.34. The maximum Gasteiger partial charge on any atom is 0.0834 e. The number of rotatable bonds is 6. The van der Waals surface area contributed by atoms with E-state index in [1.807, 2.05) is 4.68 Å². The van der Waals surface area contributed by atoms with Crippen LogP contribution in [0, 0.1) is 11.8 Å². The van der Waals surface area contributed by atoms with Crippen molar-refractivity contribution in [2.24, 2.45) is 17.7 Å². The van der Waals surface area contributed by atoms with Gasteiger partial charge in [0.15, 0.2) is 0 Å². The molecular formula is C14H25ClN4. The molecule has 4 nitrogen and oxygen atoms in total. The molecule has 19 heavy (non-hydrogen) atoms. The fourth-order valence-corrected chi connectivity index (χ4v) is 3.56. The Labute approximate surface area is 120 Å². The minimum absolute atomic E-state index is 0.123. The summed E-state index contributed by atoms with van der Waals surface area (Å²) in [5.74, 6) is 7.22. The van der Waals surface area contributed by atoms with Crippen molar-refractivity contribution in [2.75, 3.05) is 0 Å². The Morgan fingerprint density at radius 1 is 1.53 bits per heavy atom. The Kier molecular flexibility index (Phi) is 5.25. The quantitative estimate of drug-likeness (QED) is 0.623. The molecule has 0 amide bonds. The Hall–Kier alpha value is -0.580. The Bertz CT molecular complexity index is 404. The van der Waals surface area contributed by atoms with Gasteiger partial charge in [0.1, 0.15) is 0 Å². The van der Waals surface area contributed by atoms with Gasteiger partial charge in [0.05, 0.1) is 23.0 Å². The predicted molar refractivity (Wildman–Crippen MR) is 78.7 cm³/mol. The number of nitrogens with one attached hydrogen (secondary N) is 1. The van der Waals surface area contributed by atoms with E-state index in [1.54, 1.807) is 6.20 Å². The molecule has 108 valence electrons. The molecule has 1 heterocycles. The first-order chi connectivity index (χ1) is 9.21. The Balaban J connectivity index is 2.19. The molecule has 3 atom stereocenters. The lowest BCUT2D eigenvalue weighted by Gasteiger charge is -2.24. The summed E-state index contributed by atoms with van der Waals surface area (Å²) in [5.41, 5.74) is 4.05. The van der Waals surface area contributed by atoms with Gasteiger partial charge >= 0.3 is 0 Å². The Morgan fingerprint density at radius 2 is 2.32 bits per heavy atom. The third kappa shape index (κ3) is 3.12. The lowest BCUT2D eigenvalue weighted by atomic mass is 9.94. The number of aryl methyl sites for hydroxylation is 1. The number of nitrogens with two attached hydrogens (primary N) is 1. The number of aromatic nitrogens is 2. The first-order valence-electron chi connectivity index (χ1n) is 7.38. The van der Waals surface area contributed by atoms with Gasteiger partial charge in [-0.05, 0) is 31.1 Å². The summed E-state index contributed by atoms with van der Waals surface area (Å²) >= 11 is 6.32. The predicted octanol–water partition coefficient (Wildman–Crippen LogP) is 3.28. The summed E-state index contributed by atoms with van der Waals surface area (Å²) in [4.78, 5) is 0. The molecule has 5 heteroatoms. The summed E-state index contributed by atoms with van der Waals surface area (Å²) in [6.45, 7) is 5.31. The van der Waals surface area contributed by atoms with E-state index >= 15 is 0 Å². The second-order valence-electron chi connectivity index (χ2n) is 5.59. The molecule has 0 aromatic carbocycles. The van der Waals surface area contributed by atoms with Gasteiger partial charge in [0.25, 0.3) is 0 Å². The first kappa shape index (κ1) is 14.8. The van der Waals surface area contributed by atoms with Crippen LogP contribution in [0.5, 0.6) is 0 Å². The normalized spacial score (nSPS) is 24.8. The van der Waals surface area contributed by atoms with Crippen LogP contribution in [0.25, 0.3) is 0 Å². The molecule has 1 aliphatic carbocycles. The van der Waals surface area contributed by atoms with Crippen molar-refractivity contribution in [3.8, 4) is 0 Å². The van der Waals surface area contributed by atoms with E-state index < -0.39 is 0 Å². The second kappa shape index (κ2) is 6.73. The molecule has 3 N–H and O–H groups in total. The van der Waals surface area contributed by atoms with Crippen LogP contribution in [0.1, 0.15) is 57.7 Å². The van der Waals surface area contributed by atoms with Crippen molar-refractivity contribution in [3.63, 3.8) is 0 Å². The molecule has 0 aliphatic heterocycles. The second-order valence-corrected chi connectivity index (χ2v) is 6.00. The van der Waals surface area contributed by atoms with Crippen LogP contribution in [0.15, 0.2) is 6.20 Å². The number of hydrogen-bond acceptors (Lipinski definition) is 3. The van der Waals surface area contributed by atoms with Crippen LogP contribution in [0.2, 0.25) is 5.02 Å². The lowest BCUT2D eigenvalue weighted by molar-refractivity contribution is 0.337. The molecule has 0 saturated heterocycles. The highest BCUT2D eigenvalue weighted by atomic mass is 35.5. The zero-order chi connectivity index (χ0) is 13.8. The summed E-state index contributed by atoms with van der Waals surface area (Å²) in [7, 11) is 0. The SMILES string of the molecule is CCCn1ncc(Cl)c1C(NN)C1CCC(CC)C1. The van der Waals surface area contributed by atoms with Crippen LogP contribution in [-0.4, -0.2) is 9.78 Å². The van der Waals surface area contributed by atoms with Gasteiger partial charge in [-0.25, -0.2) is 0 Å². The number of halogens is 1. The molecule has 1 saturated carbocycles. The smallest absolute Gasteiger partial charge is 0.0834 e. The van der Waals surface area contributed by atoms with Crippen molar-refractivity contribution in [1.82, 2.24) is 15.2 Å². The molecule has 0 bridgehead atoms. The molecule has 0 spiro atoms. The molecular weight excluding hydrogens is 260 g/mol. The third-order valence-electron chi connectivity index (χ3n) is 4.37. The van der Waals surface area contributed by atoms with Crippen LogP contribution in [-0.2, 0) is 6.54 Å². The number of hydrazine groups is 1. The minimum atomic E-state index is 0.123. The van der Waals surface area contributed by atoms with Gasteiger partial charge < -0.3 is 0 Å². The van der Waals surface area contributed by atoms with Crippen LogP contribution >= 0.6 is 11.6 Å². The van der Waals surface area contributed by atoms with E-state index in [-0.39, 0.29) is 6.04 Å². The summed E-state index contributed by atoms with van der Waals surface area (Å²) in [6.07, 6.45) is 7.81. The number of hydrogen-bond donors (Lipinski definition) is 2. The largest absolute Gasteiger partial charge is 0.271 e. The molecule has 3 unspecified atom stereocenters. The van der Waals surface area contributed by atoms with Crippen molar-refractivity contribution >= 4 is 11.6 Å². The fourth-order valence-electron chi connectivity index (χ4n) is 3.30. The molecule has 1 aliphatic rings. The third-order valence-corrected chi connectivity index (χ3v) is 4.66. The molecule has 1 aromatic rings. The number of nitrogens with zero attached hydrogens (tertiary/aromatic N) is 2. The van der Waals surface area contributed by atoms with Crippen LogP contribution in [0.3, 0.4) is 0 Å². The molecule has 0 radical (unpaired) electrons. The fraction of sp³-hybridized carbons (Fsp3) is 0.786. The monoisotopic (exact) mass is 284 g/mol. The van der Waals surface area contributed by atoms with E-state index in [9.17, 15) is 0 Å². The summed E-state index contributed by atoms with van der Waals surface area (Å²) in [6, 6.07) is 0.123. The van der Waals surface area contributed by atoms with Crippen molar-refractivity contribution < 1.29 is 0 Å². The van der Waals surface area contributed by atoms with E-state index in [2.05, 4.69) is 24.4 Å². The van der Waals surface area contributed by atoms with Gasteiger partial charge in [-0.1, -0.05) is 38.3 Å². The van der Waals surface area contributed by atoms with E-state index in [4.69, 9.17) is 17.4 Å². The molecule has 1 fully saturated rings. The maximum atomic E-state index is 6.32. The summed E-state index contributed by atoms with van der Waals surface area (Å²) in [5, 5.41) is 5.11. The summed E-state index contributed by atoms with van der Waals surface area (Å²) < 4.78 is 2.01. The van der Waals surface area contributed by atoms with Gasteiger partial charge in [-0.2, -0.15) is 5.10 Å². The van der Waals surface area contributed by atoms with Gasteiger partial charge in [-0.15, -0.1) is 0 Å². The van der Waals surface area contributed by atoms with Gasteiger partial charge in [-0.3, -0.25) is 16.0 Å². The molecule has 1 aromatic heterocycles. The van der Waals surface area contributed by atoms with Crippen molar-refractivity contribution in [2.45, 2.75) is 58.5 Å². The van der Waals surface area contributed by atoms with E-state index in [1.165, 1.54) is 25.7 Å². The highest BCUT2D eigenvalue weighted by Crippen LogP contribution is 2.41. The zero-order valence-electron chi connectivity index (χ0n) is 11.9. The maximum absolute atomic E-state index is 6.32. The zero-order valence-corrected chi connectivity index (χ0v) is 12.7. The average molecular weight is 285 g/mol. The standard InChI is InChI=1S/C14H25ClN4/c1-3-7-19-14(12(15)9-17-19)13(18-16)11-6-5-10(4-2)8-11/h9-11,13,18H,3-8,16H2,1-2H3. The Morgan fingerprint density at radius 3 is 2.89 bits per heavy atom. The first-order valence-corrected chi connectivity index (χ1v) is 7.76. The molecule has 2 rings (SSSR count).